The van der Waals surface area contributed by atoms with Crippen LogP contribution < -0.4 is 10.1 Å². The number of carbonyl (C=O) groups excluding carboxylic acids is 1. The highest BCUT2D eigenvalue weighted by molar-refractivity contribution is 9.10. The van der Waals surface area contributed by atoms with Gasteiger partial charge in [0.05, 0.1) is 11.6 Å². The van der Waals surface area contributed by atoms with E-state index in [2.05, 4.69) is 21.2 Å². The van der Waals surface area contributed by atoms with Crippen LogP contribution in [0.15, 0.2) is 22.7 Å². The van der Waals surface area contributed by atoms with Gasteiger partial charge in [-0.25, -0.2) is 4.79 Å². The lowest BCUT2D eigenvalue weighted by Crippen LogP contribution is -2.35. The summed E-state index contributed by atoms with van der Waals surface area (Å²) in [6.07, 6.45) is 4.63. The Kier molecular flexibility index (Phi) is 5.07. The lowest BCUT2D eigenvalue weighted by molar-refractivity contribution is 0.214. The number of carbonyl (C=O) groups is 1. The Morgan fingerprint density at radius 3 is 2.53 bits per heavy atom. The number of amides is 2. The van der Waals surface area contributed by atoms with Gasteiger partial charge in [0.15, 0.2) is 0 Å². The van der Waals surface area contributed by atoms with E-state index in [1.807, 2.05) is 23.1 Å². The van der Waals surface area contributed by atoms with Crippen LogP contribution in [0.2, 0.25) is 0 Å². The van der Waals surface area contributed by atoms with Crippen molar-refractivity contribution in [2.45, 2.75) is 25.7 Å². The smallest absolute Gasteiger partial charge is 0.321 e. The molecular weight excluding hydrogens is 308 g/mol. The van der Waals surface area contributed by atoms with Crippen molar-refractivity contribution >= 4 is 27.6 Å². The monoisotopic (exact) mass is 326 g/mol. The molecule has 104 valence electrons. The summed E-state index contributed by atoms with van der Waals surface area (Å²) in [5.74, 6) is 0.757. The summed E-state index contributed by atoms with van der Waals surface area (Å²) in [6.45, 7) is 1.70. The third kappa shape index (κ3) is 3.86. The molecular formula is C14H19BrN2O2. The van der Waals surface area contributed by atoms with Crippen LogP contribution in [0.4, 0.5) is 10.5 Å². The Morgan fingerprint density at radius 1 is 1.26 bits per heavy atom. The van der Waals surface area contributed by atoms with Crippen molar-refractivity contribution in [1.29, 1.82) is 0 Å². The summed E-state index contributed by atoms with van der Waals surface area (Å²) in [5, 5.41) is 2.93. The zero-order chi connectivity index (χ0) is 13.7. The first-order valence-electron chi connectivity index (χ1n) is 6.60. The molecule has 0 atom stereocenters. The van der Waals surface area contributed by atoms with Gasteiger partial charge in [0.2, 0.25) is 0 Å². The number of methoxy groups -OCH3 is 1. The van der Waals surface area contributed by atoms with Crippen LogP contribution in [-0.2, 0) is 0 Å². The van der Waals surface area contributed by atoms with Crippen LogP contribution in [0.5, 0.6) is 5.75 Å². The second kappa shape index (κ2) is 6.80. The number of hydrogen-bond acceptors (Lipinski definition) is 2. The van der Waals surface area contributed by atoms with E-state index in [-0.39, 0.29) is 6.03 Å². The highest BCUT2D eigenvalue weighted by atomic mass is 79.9. The molecule has 0 unspecified atom stereocenters. The molecule has 1 heterocycles. The second-order valence-corrected chi connectivity index (χ2v) is 5.54. The fourth-order valence-electron chi connectivity index (χ4n) is 2.22. The quantitative estimate of drug-likeness (QED) is 0.896. The summed E-state index contributed by atoms with van der Waals surface area (Å²) in [6, 6.07) is 5.52. The molecule has 1 aromatic carbocycles. The number of nitrogens with one attached hydrogen (secondary N) is 1. The lowest BCUT2D eigenvalue weighted by atomic mass is 10.2. The summed E-state index contributed by atoms with van der Waals surface area (Å²) < 4.78 is 6.00. The fourth-order valence-corrected chi connectivity index (χ4v) is 2.76. The van der Waals surface area contributed by atoms with Gasteiger partial charge in [-0.15, -0.1) is 0 Å². The Hall–Kier alpha value is -1.23. The van der Waals surface area contributed by atoms with E-state index >= 15 is 0 Å². The van der Waals surface area contributed by atoms with Crippen LogP contribution in [-0.4, -0.2) is 31.1 Å². The van der Waals surface area contributed by atoms with Gasteiger partial charge in [0.25, 0.3) is 0 Å². The number of halogens is 1. The number of rotatable bonds is 2. The average molecular weight is 327 g/mol. The largest absolute Gasteiger partial charge is 0.496 e. The van der Waals surface area contributed by atoms with E-state index in [1.54, 1.807) is 7.11 Å². The molecule has 1 saturated heterocycles. The molecule has 1 aliphatic rings. The van der Waals surface area contributed by atoms with Crippen molar-refractivity contribution in [2.75, 3.05) is 25.5 Å². The zero-order valence-corrected chi connectivity index (χ0v) is 12.7. The summed E-state index contributed by atoms with van der Waals surface area (Å²) in [5.41, 5.74) is 0.780. The summed E-state index contributed by atoms with van der Waals surface area (Å²) in [7, 11) is 1.62. The number of hydrogen-bond donors (Lipinski definition) is 1. The summed E-state index contributed by atoms with van der Waals surface area (Å²) >= 11 is 3.42. The molecule has 1 fully saturated rings. The van der Waals surface area contributed by atoms with E-state index < -0.39 is 0 Å². The maximum absolute atomic E-state index is 12.2. The molecule has 2 amide bonds. The van der Waals surface area contributed by atoms with Gasteiger partial charge >= 0.3 is 6.03 Å². The number of benzene rings is 1. The molecule has 5 heteroatoms. The van der Waals surface area contributed by atoms with Crippen LogP contribution in [0.25, 0.3) is 0 Å². The van der Waals surface area contributed by atoms with Gasteiger partial charge in [-0.05, 0) is 47.0 Å². The maximum atomic E-state index is 12.2. The average Bonchev–Trinajstić information content (AvgIpc) is 2.68. The Bertz CT molecular complexity index is 443. The minimum atomic E-state index is -0.0148. The normalized spacial score (nSPS) is 15.8. The van der Waals surface area contributed by atoms with Crippen molar-refractivity contribution in [3.63, 3.8) is 0 Å². The highest BCUT2D eigenvalue weighted by Crippen LogP contribution is 2.27. The van der Waals surface area contributed by atoms with E-state index in [1.165, 1.54) is 12.8 Å². The molecule has 2 rings (SSSR count). The Morgan fingerprint density at radius 2 is 1.95 bits per heavy atom. The van der Waals surface area contributed by atoms with Crippen LogP contribution >= 0.6 is 15.9 Å². The topological polar surface area (TPSA) is 41.6 Å². The number of likely N-dealkylation sites (tertiary alicyclic amines) is 1. The van der Waals surface area contributed by atoms with Crippen molar-refractivity contribution in [3.05, 3.63) is 22.7 Å². The minimum absolute atomic E-state index is 0.0148. The molecule has 0 aromatic heterocycles. The molecule has 0 aliphatic carbocycles. The first-order valence-corrected chi connectivity index (χ1v) is 7.39. The summed E-state index contributed by atoms with van der Waals surface area (Å²) in [4.78, 5) is 14.0. The Labute approximate surface area is 122 Å². The molecule has 0 spiro atoms. The standard InChI is InChI=1S/C14H19BrN2O2/c1-19-13-7-6-11(10-12(13)15)16-14(18)17-8-4-2-3-5-9-17/h6-7,10H,2-5,8-9H2,1H3,(H,16,18). The van der Waals surface area contributed by atoms with Gasteiger partial charge in [0, 0.05) is 18.8 Å². The minimum Gasteiger partial charge on any atom is -0.496 e. The molecule has 0 radical (unpaired) electrons. The van der Waals surface area contributed by atoms with Crippen LogP contribution in [0, 0.1) is 0 Å². The predicted octanol–water partition coefficient (Wildman–Crippen LogP) is 3.87. The SMILES string of the molecule is COc1ccc(NC(=O)N2CCCCCC2)cc1Br. The number of nitrogens with zero attached hydrogens (tertiary/aromatic N) is 1. The number of ether oxygens (including phenoxy) is 1. The maximum Gasteiger partial charge on any atom is 0.321 e. The second-order valence-electron chi connectivity index (χ2n) is 4.68. The Balaban J connectivity index is 1.99. The predicted molar refractivity (Wildman–Crippen MR) is 79.8 cm³/mol. The number of anilines is 1. The number of urea groups is 1. The fraction of sp³-hybridized carbons (Fsp3) is 0.500. The van der Waals surface area contributed by atoms with Crippen molar-refractivity contribution in [1.82, 2.24) is 4.90 Å². The van der Waals surface area contributed by atoms with E-state index in [0.29, 0.717) is 0 Å². The molecule has 1 aromatic rings. The highest BCUT2D eigenvalue weighted by Gasteiger charge is 2.15. The van der Waals surface area contributed by atoms with E-state index in [9.17, 15) is 4.79 Å². The van der Waals surface area contributed by atoms with Crippen LogP contribution in [0.1, 0.15) is 25.7 Å². The van der Waals surface area contributed by atoms with E-state index in [4.69, 9.17) is 4.74 Å². The van der Waals surface area contributed by atoms with Crippen LogP contribution in [0.3, 0.4) is 0 Å². The van der Waals surface area contributed by atoms with Gasteiger partial charge in [-0.2, -0.15) is 0 Å². The molecule has 1 N–H and O–H groups in total. The zero-order valence-electron chi connectivity index (χ0n) is 11.1. The van der Waals surface area contributed by atoms with Crippen molar-refractivity contribution in [2.24, 2.45) is 0 Å². The van der Waals surface area contributed by atoms with E-state index in [0.717, 1.165) is 41.8 Å². The third-order valence-electron chi connectivity index (χ3n) is 3.30. The third-order valence-corrected chi connectivity index (χ3v) is 3.92. The molecule has 4 nitrogen and oxygen atoms in total. The first-order chi connectivity index (χ1) is 9.20. The van der Waals surface area contributed by atoms with Gasteiger partial charge < -0.3 is 15.0 Å². The molecule has 1 aliphatic heterocycles. The first kappa shape index (κ1) is 14.2. The van der Waals surface area contributed by atoms with Crippen molar-refractivity contribution in [3.8, 4) is 5.75 Å². The molecule has 19 heavy (non-hydrogen) atoms. The molecule has 0 saturated carbocycles. The molecule has 0 bridgehead atoms. The van der Waals surface area contributed by atoms with Crippen molar-refractivity contribution < 1.29 is 9.53 Å². The van der Waals surface area contributed by atoms with Gasteiger partial charge in [0.1, 0.15) is 5.75 Å². The lowest BCUT2D eigenvalue weighted by Gasteiger charge is -2.21. The van der Waals surface area contributed by atoms with Gasteiger partial charge in [-0.1, -0.05) is 12.8 Å². The van der Waals surface area contributed by atoms with Gasteiger partial charge in [-0.3, -0.25) is 0 Å².